The summed E-state index contributed by atoms with van der Waals surface area (Å²) in [5, 5.41) is 9.73. The third-order valence-electron chi connectivity index (χ3n) is 5.81. The quantitative estimate of drug-likeness (QED) is 0.598. The van der Waals surface area contributed by atoms with E-state index in [4.69, 9.17) is 9.26 Å². The molecule has 4 heterocycles. The summed E-state index contributed by atoms with van der Waals surface area (Å²) in [5.41, 5.74) is 2.54. The fraction of sp³-hybridized carbons (Fsp3) is 0.429. The summed E-state index contributed by atoms with van der Waals surface area (Å²) < 4.78 is 12.8. The van der Waals surface area contributed by atoms with E-state index in [9.17, 15) is 4.79 Å². The molecule has 0 atom stereocenters. The molecule has 2 aliphatic rings. The van der Waals surface area contributed by atoms with E-state index in [-0.39, 0.29) is 11.9 Å². The summed E-state index contributed by atoms with van der Waals surface area (Å²) in [7, 11) is 0. The van der Waals surface area contributed by atoms with Gasteiger partial charge in [-0.2, -0.15) is 10.1 Å². The highest BCUT2D eigenvalue weighted by Gasteiger charge is 2.26. The van der Waals surface area contributed by atoms with Crippen LogP contribution in [0.1, 0.15) is 19.4 Å². The van der Waals surface area contributed by atoms with Crippen LogP contribution in [0, 0.1) is 0 Å². The molecule has 2 saturated heterocycles. The zero-order chi connectivity index (χ0) is 20.7. The first kappa shape index (κ1) is 18.8. The van der Waals surface area contributed by atoms with Gasteiger partial charge in [0.2, 0.25) is 5.91 Å². The number of fused-ring (bicyclic) bond motifs is 1. The van der Waals surface area contributed by atoms with E-state index in [1.54, 1.807) is 0 Å². The van der Waals surface area contributed by atoms with E-state index in [0.717, 1.165) is 16.5 Å². The van der Waals surface area contributed by atoms with E-state index < -0.39 is 0 Å². The zero-order valence-electron chi connectivity index (χ0n) is 17.0. The van der Waals surface area contributed by atoms with Crippen molar-refractivity contribution in [2.24, 2.45) is 0 Å². The van der Waals surface area contributed by atoms with Crippen LogP contribution in [0.4, 0.5) is 5.95 Å². The van der Waals surface area contributed by atoms with Crippen LogP contribution >= 0.6 is 0 Å². The summed E-state index contributed by atoms with van der Waals surface area (Å²) in [4.78, 5) is 20.8. The zero-order valence-corrected chi connectivity index (χ0v) is 17.0. The van der Waals surface area contributed by atoms with Crippen molar-refractivity contribution in [2.75, 3.05) is 44.3 Å². The Morgan fingerprint density at radius 2 is 2.03 bits per heavy atom. The maximum absolute atomic E-state index is 12.3. The maximum atomic E-state index is 12.3. The van der Waals surface area contributed by atoms with Gasteiger partial charge in [0, 0.05) is 42.7 Å². The number of benzene rings is 1. The molecule has 9 heteroatoms. The van der Waals surface area contributed by atoms with Crippen molar-refractivity contribution in [3.05, 3.63) is 36.5 Å². The minimum atomic E-state index is 0.0349. The smallest absolute Gasteiger partial charge is 0.266 e. The number of anilines is 1. The molecular formula is C21H24N6O3. The van der Waals surface area contributed by atoms with E-state index in [2.05, 4.69) is 21.8 Å². The summed E-state index contributed by atoms with van der Waals surface area (Å²) in [6, 6.07) is 6.29. The molecule has 0 unspecified atom stereocenters. The number of piperazine rings is 1. The SMILES string of the molecule is C=C(CC)C(=O)N1CCN(c2noc(-c3ccc4cnn(C5COC5)c4c3)n2)CC1. The number of amides is 1. The molecule has 0 aliphatic carbocycles. The number of hydrogen-bond acceptors (Lipinski definition) is 7. The lowest BCUT2D eigenvalue weighted by molar-refractivity contribution is -0.127. The lowest BCUT2D eigenvalue weighted by atomic mass is 10.1. The molecule has 2 aliphatic heterocycles. The second-order valence-corrected chi connectivity index (χ2v) is 7.69. The molecule has 3 aromatic rings. The number of carbonyl (C=O) groups excluding carboxylic acids is 1. The van der Waals surface area contributed by atoms with Crippen molar-refractivity contribution in [3.8, 4) is 11.5 Å². The molecule has 2 aromatic heterocycles. The van der Waals surface area contributed by atoms with Crippen molar-refractivity contribution in [3.63, 3.8) is 0 Å². The van der Waals surface area contributed by atoms with Gasteiger partial charge in [0.15, 0.2) is 0 Å². The van der Waals surface area contributed by atoms with Crippen LogP contribution in [-0.4, -0.2) is 70.1 Å². The second-order valence-electron chi connectivity index (χ2n) is 7.69. The minimum absolute atomic E-state index is 0.0349. The molecule has 0 saturated carbocycles. The fourth-order valence-corrected chi connectivity index (χ4v) is 3.77. The van der Waals surface area contributed by atoms with Gasteiger partial charge < -0.3 is 19.1 Å². The van der Waals surface area contributed by atoms with E-state index in [0.29, 0.717) is 63.2 Å². The molecule has 9 nitrogen and oxygen atoms in total. The van der Waals surface area contributed by atoms with Gasteiger partial charge in [-0.05, 0) is 23.7 Å². The third kappa shape index (κ3) is 3.24. The Kier molecular flexibility index (Phi) is 4.74. The van der Waals surface area contributed by atoms with Gasteiger partial charge in [0.1, 0.15) is 0 Å². The Labute approximate surface area is 173 Å². The predicted molar refractivity (Wildman–Crippen MR) is 111 cm³/mol. The molecule has 0 bridgehead atoms. The molecule has 0 spiro atoms. The van der Waals surface area contributed by atoms with Gasteiger partial charge >= 0.3 is 0 Å². The Balaban J connectivity index is 1.31. The molecule has 5 rings (SSSR count). The largest absolute Gasteiger partial charge is 0.377 e. The molecule has 0 N–H and O–H groups in total. The van der Waals surface area contributed by atoms with Gasteiger partial charge in [0.25, 0.3) is 11.8 Å². The standard InChI is InChI=1S/C21H24N6O3/c1-3-14(2)20(28)25-6-8-26(9-7-25)21-23-19(30-24-21)15-4-5-16-11-22-27(18(16)10-15)17-12-29-13-17/h4-5,10-11,17H,2-3,6-9,12-13H2,1H3. The van der Waals surface area contributed by atoms with Crippen molar-refractivity contribution < 1.29 is 14.1 Å². The van der Waals surface area contributed by atoms with Gasteiger partial charge in [-0.3, -0.25) is 9.48 Å². The monoisotopic (exact) mass is 408 g/mol. The molecule has 156 valence electrons. The highest BCUT2D eigenvalue weighted by Crippen LogP contribution is 2.28. The molecule has 1 amide bonds. The average Bonchev–Trinajstić information content (AvgIpc) is 3.39. The van der Waals surface area contributed by atoms with Crippen LogP contribution in [0.15, 0.2) is 41.1 Å². The van der Waals surface area contributed by atoms with Crippen LogP contribution in [0.3, 0.4) is 0 Å². The normalized spacial score (nSPS) is 17.4. The van der Waals surface area contributed by atoms with Gasteiger partial charge in [0.05, 0.1) is 31.0 Å². The number of rotatable bonds is 5. The van der Waals surface area contributed by atoms with E-state index in [1.807, 2.05) is 45.8 Å². The van der Waals surface area contributed by atoms with Crippen LogP contribution < -0.4 is 4.90 Å². The number of hydrogen-bond donors (Lipinski definition) is 0. The van der Waals surface area contributed by atoms with Crippen LogP contribution in [0.5, 0.6) is 0 Å². The first-order valence-corrected chi connectivity index (χ1v) is 10.2. The number of ether oxygens (including phenoxy) is 1. The highest BCUT2D eigenvalue weighted by atomic mass is 16.5. The Morgan fingerprint density at radius 3 is 2.73 bits per heavy atom. The van der Waals surface area contributed by atoms with Crippen molar-refractivity contribution in [2.45, 2.75) is 19.4 Å². The molecular weight excluding hydrogens is 384 g/mol. The van der Waals surface area contributed by atoms with Gasteiger partial charge in [-0.15, -0.1) is 0 Å². The number of aromatic nitrogens is 4. The average molecular weight is 408 g/mol. The lowest BCUT2D eigenvalue weighted by Crippen LogP contribution is -2.49. The fourth-order valence-electron chi connectivity index (χ4n) is 3.77. The summed E-state index contributed by atoms with van der Waals surface area (Å²) >= 11 is 0. The topological polar surface area (TPSA) is 89.5 Å². The minimum Gasteiger partial charge on any atom is -0.377 e. The summed E-state index contributed by atoms with van der Waals surface area (Å²) in [6.07, 6.45) is 2.54. The molecule has 1 aromatic carbocycles. The molecule has 0 radical (unpaired) electrons. The number of nitrogens with zero attached hydrogens (tertiary/aromatic N) is 6. The lowest BCUT2D eigenvalue weighted by Gasteiger charge is -2.34. The van der Waals surface area contributed by atoms with E-state index in [1.165, 1.54) is 0 Å². The van der Waals surface area contributed by atoms with Crippen molar-refractivity contribution in [1.82, 2.24) is 24.8 Å². The van der Waals surface area contributed by atoms with Crippen LogP contribution in [-0.2, 0) is 9.53 Å². The molecule has 2 fully saturated rings. The van der Waals surface area contributed by atoms with E-state index >= 15 is 0 Å². The van der Waals surface area contributed by atoms with Gasteiger partial charge in [-0.25, -0.2) is 0 Å². The first-order chi connectivity index (χ1) is 14.6. The summed E-state index contributed by atoms with van der Waals surface area (Å²) in [6.45, 7) is 9.73. The number of carbonyl (C=O) groups is 1. The first-order valence-electron chi connectivity index (χ1n) is 10.2. The van der Waals surface area contributed by atoms with Crippen molar-refractivity contribution in [1.29, 1.82) is 0 Å². The molecule has 30 heavy (non-hydrogen) atoms. The second kappa shape index (κ2) is 7.56. The van der Waals surface area contributed by atoms with Gasteiger partial charge in [-0.1, -0.05) is 19.6 Å². The Bertz CT molecular complexity index is 1090. The third-order valence-corrected chi connectivity index (χ3v) is 5.81. The van der Waals surface area contributed by atoms with Crippen LogP contribution in [0.2, 0.25) is 0 Å². The van der Waals surface area contributed by atoms with Crippen molar-refractivity contribution >= 4 is 22.8 Å². The Morgan fingerprint density at radius 1 is 1.23 bits per heavy atom. The Hall–Kier alpha value is -3.20. The summed E-state index contributed by atoms with van der Waals surface area (Å²) in [5.74, 6) is 1.06. The maximum Gasteiger partial charge on any atom is 0.266 e. The van der Waals surface area contributed by atoms with Crippen LogP contribution in [0.25, 0.3) is 22.4 Å². The predicted octanol–water partition coefficient (Wildman–Crippen LogP) is 2.27. The highest BCUT2D eigenvalue weighted by molar-refractivity contribution is 5.92.